The topological polar surface area (TPSA) is 411 Å². The Morgan fingerprint density at radius 1 is 0.640 bits per heavy atom. The summed E-state index contributed by atoms with van der Waals surface area (Å²) in [6, 6.07) is 6.70. The van der Waals surface area contributed by atoms with E-state index < -0.39 is 127 Å². The van der Waals surface area contributed by atoms with Gasteiger partial charge >= 0.3 is 17.9 Å². The number of hydrogen-bond acceptors (Lipinski definition) is 16. The molecule has 15 N–H and O–H groups in total. The number of H-pyrrole nitrogens is 1. The maximum absolute atomic E-state index is 14.5. The highest BCUT2D eigenvalue weighted by Gasteiger charge is 2.36. The molecule has 25 nitrogen and oxygen atoms in total. The van der Waals surface area contributed by atoms with Crippen molar-refractivity contribution in [3.05, 3.63) is 114 Å². The lowest BCUT2D eigenvalue weighted by Crippen LogP contribution is -2.61. The molecule has 0 spiro atoms. The summed E-state index contributed by atoms with van der Waals surface area (Å²) in [5, 5.41) is 66.3. The van der Waals surface area contributed by atoms with E-state index in [1.54, 1.807) is 30.3 Å². The van der Waals surface area contributed by atoms with E-state index in [4.69, 9.17) is 5.73 Å². The zero-order valence-electron chi connectivity index (χ0n) is 39.8. The van der Waals surface area contributed by atoms with Crippen LogP contribution in [-0.2, 0) is 73.6 Å². The van der Waals surface area contributed by atoms with Crippen molar-refractivity contribution in [3.63, 3.8) is 0 Å². The zero-order chi connectivity index (χ0) is 54.6. The number of carboxylic acids is 3. The van der Waals surface area contributed by atoms with Crippen molar-refractivity contribution in [2.75, 3.05) is 11.5 Å². The molecule has 5 rings (SSSR count). The zero-order valence-corrected chi connectivity index (χ0v) is 41.4. The number of hydrogen-bond donors (Lipinski definition) is 14. The van der Waals surface area contributed by atoms with Gasteiger partial charge in [-0.2, -0.15) is 0 Å². The lowest BCUT2D eigenvalue weighted by atomic mass is 10.0. The molecule has 0 aliphatic carbocycles. The number of rotatable bonds is 18. The molecule has 0 bridgehead atoms. The van der Waals surface area contributed by atoms with Crippen LogP contribution in [0.1, 0.15) is 41.6 Å². The fourth-order valence-electron chi connectivity index (χ4n) is 7.36. The number of nitrogens with one attached hydrogen (secondary N) is 8. The van der Waals surface area contributed by atoms with Crippen LogP contribution in [0, 0.1) is 0 Å². The Morgan fingerprint density at radius 3 is 1.77 bits per heavy atom. The largest absolute Gasteiger partial charge is 0.508 e. The average Bonchev–Trinajstić information content (AvgIpc) is 3.89. The second-order valence-corrected chi connectivity index (χ2v) is 19.7. The second kappa shape index (κ2) is 28.3. The minimum Gasteiger partial charge on any atom is -0.508 e. The molecule has 75 heavy (non-hydrogen) atoms. The lowest BCUT2D eigenvalue weighted by Gasteiger charge is -2.28. The Morgan fingerprint density at radius 2 is 1.19 bits per heavy atom. The molecular formula is C48H56N10O15S2. The summed E-state index contributed by atoms with van der Waals surface area (Å²) in [7, 11) is 1.72. The number of nitrogens with two attached hydrogens (primary N) is 1. The molecule has 2 heterocycles. The third-order valence-corrected chi connectivity index (χ3v) is 13.8. The number of carbonyl (C=O) groups is 10. The van der Waals surface area contributed by atoms with Gasteiger partial charge in [0.2, 0.25) is 41.4 Å². The molecule has 400 valence electrons. The van der Waals surface area contributed by atoms with Crippen LogP contribution < -0.4 is 43.0 Å². The molecule has 0 saturated carbocycles. The quantitative estimate of drug-likeness (QED) is 0.0511. The molecule has 3 unspecified atom stereocenters. The standard InChI is InChI=1S/C48H56N10O15S2/c49-31(16-26-6-10-29(59)11-7-26)41(65)57-37-22-74-75-23-38(47(71)56-36(48(72)73)18-27-8-12-30(60)13-9-27)58-43(67)33(17-25-4-2-1-3-5-25)53-44(68)34(19-28-21-50-24-51-28)54-42(66)32(14-15-39(61)62)52-45(69)35(20-40(63)64)55-46(37)70/h1-13,21,24,31-38,59-60H,14-20,22-23,49H2,(H,50,51)(H,52,69)(H,53,68)(H,54,66)(H,55,70)(H,56,71)(H,57,65)(H,58,67)(H,61,62)(H,63,64)(H,72,73)/t31-,32?,33-,34?,35-,36-,37-,38?/m0/s1. The first-order chi connectivity index (χ1) is 35.7. The third-order valence-electron chi connectivity index (χ3n) is 11.4. The highest BCUT2D eigenvalue weighted by molar-refractivity contribution is 8.76. The molecule has 27 heteroatoms. The molecule has 4 aromatic rings. The van der Waals surface area contributed by atoms with Crippen molar-refractivity contribution in [2.45, 2.75) is 93.3 Å². The number of phenols is 2. The molecule has 1 aromatic heterocycles. The van der Waals surface area contributed by atoms with Crippen LogP contribution in [0.2, 0.25) is 0 Å². The third kappa shape index (κ3) is 19.0. The van der Waals surface area contributed by atoms with Gasteiger partial charge in [-0.15, -0.1) is 0 Å². The van der Waals surface area contributed by atoms with Crippen molar-refractivity contribution in [3.8, 4) is 11.5 Å². The fourth-order valence-corrected chi connectivity index (χ4v) is 9.69. The summed E-state index contributed by atoms with van der Waals surface area (Å²) in [4.78, 5) is 142. The van der Waals surface area contributed by atoms with Gasteiger partial charge < -0.3 is 73.5 Å². The van der Waals surface area contributed by atoms with Gasteiger partial charge in [0.1, 0.15) is 53.8 Å². The Balaban J connectivity index is 1.55. The number of aromatic hydroxyl groups is 2. The molecule has 3 aromatic carbocycles. The van der Waals surface area contributed by atoms with Crippen LogP contribution in [0.15, 0.2) is 91.4 Å². The number of nitrogens with zero attached hydrogens (tertiary/aromatic N) is 1. The average molecular weight is 1080 g/mol. The van der Waals surface area contributed by atoms with Crippen LogP contribution >= 0.6 is 21.6 Å². The molecule has 1 fully saturated rings. The number of phenolic OH excluding ortho intramolecular Hbond substituents is 2. The van der Waals surface area contributed by atoms with Crippen molar-refractivity contribution >= 4 is 80.8 Å². The molecule has 1 aliphatic heterocycles. The minimum absolute atomic E-state index is 0.0524. The van der Waals surface area contributed by atoms with Gasteiger partial charge in [0.15, 0.2) is 0 Å². The molecular weight excluding hydrogens is 1020 g/mol. The summed E-state index contributed by atoms with van der Waals surface area (Å²) >= 11 is 0. The Kier molecular flexibility index (Phi) is 21.8. The predicted molar refractivity (Wildman–Crippen MR) is 269 cm³/mol. The van der Waals surface area contributed by atoms with Crippen molar-refractivity contribution in [2.24, 2.45) is 5.73 Å². The van der Waals surface area contributed by atoms with Gasteiger partial charge in [0.25, 0.3) is 0 Å². The van der Waals surface area contributed by atoms with Crippen molar-refractivity contribution in [1.29, 1.82) is 0 Å². The van der Waals surface area contributed by atoms with E-state index in [1.165, 1.54) is 61.1 Å². The van der Waals surface area contributed by atoms with Gasteiger partial charge in [0, 0.05) is 49.1 Å². The Bertz CT molecular complexity index is 2650. The van der Waals surface area contributed by atoms with Gasteiger partial charge in [-0.1, -0.05) is 76.2 Å². The Labute approximate surface area is 435 Å². The molecule has 7 amide bonds. The fraction of sp³-hybridized carbons (Fsp3) is 0.354. The molecule has 1 saturated heterocycles. The minimum atomic E-state index is -1.96. The molecule has 1 aliphatic rings. The van der Waals surface area contributed by atoms with Crippen LogP contribution in [0.25, 0.3) is 0 Å². The number of carbonyl (C=O) groups excluding carboxylic acids is 7. The van der Waals surface area contributed by atoms with Gasteiger partial charge in [-0.05, 0) is 53.8 Å². The van der Waals surface area contributed by atoms with E-state index >= 15 is 0 Å². The van der Waals surface area contributed by atoms with Crippen LogP contribution in [0.4, 0.5) is 0 Å². The van der Waals surface area contributed by atoms with Crippen LogP contribution in [-0.4, -0.2) is 155 Å². The number of benzene rings is 3. The number of aromatic amines is 1. The van der Waals surface area contributed by atoms with E-state index in [2.05, 4.69) is 47.2 Å². The number of aromatic nitrogens is 2. The van der Waals surface area contributed by atoms with Crippen LogP contribution in [0.3, 0.4) is 0 Å². The highest BCUT2D eigenvalue weighted by atomic mass is 33.1. The monoisotopic (exact) mass is 1080 g/mol. The van der Waals surface area contributed by atoms with E-state index in [1.807, 2.05) is 0 Å². The maximum atomic E-state index is 14.5. The summed E-state index contributed by atoms with van der Waals surface area (Å²) in [6.45, 7) is 0. The summed E-state index contributed by atoms with van der Waals surface area (Å²) in [6.07, 6.45) is -0.670. The van der Waals surface area contributed by atoms with Crippen molar-refractivity contribution in [1.82, 2.24) is 47.2 Å². The second-order valence-electron chi connectivity index (χ2n) is 17.2. The van der Waals surface area contributed by atoms with E-state index in [0.717, 1.165) is 21.6 Å². The molecule has 8 atom stereocenters. The first kappa shape index (κ1) is 57.7. The summed E-state index contributed by atoms with van der Waals surface area (Å²) in [5.74, 6) is -12.7. The molecule has 0 radical (unpaired) electrons. The normalized spacial score (nSPS) is 21.1. The van der Waals surface area contributed by atoms with E-state index in [0.29, 0.717) is 22.4 Å². The smallest absolute Gasteiger partial charge is 0.326 e. The number of imidazole rings is 1. The highest BCUT2D eigenvalue weighted by Crippen LogP contribution is 2.24. The number of aliphatic carboxylic acids is 3. The van der Waals surface area contributed by atoms with Crippen LogP contribution in [0.5, 0.6) is 11.5 Å². The lowest BCUT2D eigenvalue weighted by molar-refractivity contribution is -0.142. The number of amides is 7. The summed E-state index contributed by atoms with van der Waals surface area (Å²) < 4.78 is 0. The van der Waals surface area contributed by atoms with E-state index in [9.17, 15) is 73.5 Å². The Hall–Kier alpha value is -8.17. The van der Waals surface area contributed by atoms with Gasteiger partial charge in [-0.3, -0.25) is 43.2 Å². The first-order valence-electron chi connectivity index (χ1n) is 23.1. The van der Waals surface area contributed by atoms with Crippen molar-refractivity contribution < 1.29 is 73.5 Å². The predicted octanol–water partition coefficient (Wildman–Crippen LogP) is -1.37. The first-order valence-corrected chi connectivity index (χ1v) is 25.6. The SMILES string of the molecule is N[C@@H](Cc1ccc(O)cc1)C(=O)N[C@H]1CSSCC(C(=O)N[C@@H](Cc2ccc(O)cc2)C(=O)O)NC(=O)[C@H](Cc2ccccc2)NC(=O)C(Cc2cnc[nH]2)NC(=O)C(CCC(=O)O)NC(=O)[C@H](CC(=O)O)NC1=O. The summed E-state index contributed by atoms with van der Waals surface area (Å²) in [5.41, 5.74) is 7.98. The maximum Gasteiger partial charge on any atom is 0.326 e. The van der Waals surface area contributed by atoms with Gasteiger partial charge in [-0.25, -0.2) is 9.78 Å². The van der Waals surface area contributed by atoms with E-state index in [-0.39, 0.29) is 48.7 Å². The number of carboxylic acid groups (broad SMARTS) is 3. The van der Waals surface area contributed by atoms with Gasteiger partial charge in [0.05, 0.1) is 18.8 Å².